The largest absolute Gasteiger partial charge is 0.497 e. The Morgan fingerprint density at radius 2 is 1.83 bits per heavy atom. The number of hydrogen-bond donors (Lipinski definition) is 0. The molecule has 1 atom stereocenters. The fourth-order valence-corrected chi connectivity index (χ4v) is 3.59. The molecule has 2 aromatic carbocycles. The number of aromatic nitrogens is 2. The van der Waals surface area contributed by atoms with Gasteiger partial charge in [-0.1, -0.05) is 5.16 Å². The van der Waals surface area contributed by atoms with Gasteiger partial charge in [-0.25, -0.2) is 4.39 Å². The summed E-state index contributed by atoms with van der Waals surface area (Å²) >= 11 is 0. The van der Waals surface area contributed by atoms with Crippen molar-refractivity contribution in [2.24, 2.45) is 0 Å². The summed E-state index contributed by atoms with van der Waals surface area (Å²) in [4.78, 5) is 19.3. The molecule has 30 heavy (non-hydrogen) atoms. The van der Waals surface area contributed by atoms with Crippen LogP contribution in [0.1, 0.15) is 35.0 Å². The number of benzene rings is 2. The Labute approximate surface area is 173 Å². The van der Waals surface area contributed by atoms with Gasteiger partial charge in [0.2, 0.25) is 11.7 Å². The van der Waals surface area contributed by atoms with Crippen LogP contribution in [0.5, 0.6) is 11.5 Å². The van der Waals surface area contributed by atoms with Gasteiger partial charge in [0.1, 0.15) is 17.3 Å². The van der Waals surface area contributed by atoms with Crippen molar-refractivity contribution in [3.05, 3.63) is 59.7 Å². The highest BCUT2D eigenvalue weighted by Crippen LogP contribution is 2.30. The van der Waals surface area contributed by atoms with Crippen LogP contribution in [0.15, 0.2) is 47.0 Å². The molecule has 0 bridgehead atoms. The second kappa shape index (κ2) is 8.52. The lowest BCUT2D eigenvalue weighted by molar-refractivity contribution is 0.0695. The molecule has 1 aliphatic rings. The van der Waals surface area contributed by atoms with E-state index < -0.39 is 0 Å². The third-order valence-electron chi connectivity index (χ3n) is 5.20. The number of methoxy groups -OCH3 is 2. The zero-order valence-electron chi connectivity index (χ0n) is 16.8. The SMILES string of the molecule is COc1cc(OC)cc(C(=O)N2CCC[C@H](c3nc(-c4ccc(F)cc4)no3)C2)c1. The molecule has 1 saturated heterocycles. The molecule has 1 aromatic heterocycles. The van der Waals surface area contributed by atoms with Crippen molar-refractivity contribution in [1.29, 1.82) is 0 Å². The minimum Gasteiger partial charge on any atom is -0.497 e. The van der Waals surface area contributed by atoms with Crippen molar-refractivity contribution >= 4 is 5.91 Å². The fraction of sp³-hybridized carbons (Fsp3) is 0.318. The number of piperidine rings is 1. The summed E-state index contributed by atoms with van der Waals surface area (Å²) in [5.41, 5.74) is 1.18. The monoisotopic (exact) mass is 411 g/mol. The maximum atomic E-state index is 13.1. The van der Waals surface area contributed by atoms with Crippen LogP contribution in [0.2, 0.25) is 0 Å². The Kier molecular flexibility index (Phi) is 5.65. The highest BCUT2D eigenvalue weighted by Gasteiger charge is 2.29. The Balaban J connectivity index is 1.51. The number of likely N-dealkylation sites (tertiary alicyclic amines) is 1. The molecule has 1 fully saturated rings. The number of amides is 1. The quantitative estimate of drug-likeness (QED) is 0.633. The van der Waals surface area contributed by atoms with Gasteiger partial charge in [-0.05, 0) is 49.2 Å². The van der Waals surface area contributed by atoms with Crippen LogP contribution in [0.25, 0.3) is 11.4 Å². The lowest BCUT2D eigenvalue weighted by Crippen LogP contribution is -2.39. The molecule has 8 heteroatoms. The van der Waals surface area contributed by atoms with E-state index in [0.717, 1.165) is 12.8 Å². The van der Waals surface area contributed by atoms with Crippen LogP contribution in [0.4, 0.5) is 4.39 Å². The fourth-order valence-electron chi connectivity index (χ4n) is 3.59. The van der Waals surface area contributed by atoms with E-state index in [1.807, 2.05) is 0 Å². The van der Waals surface area contributed by atoms with Crippen LogP contribution in [-0.2, 0) is 0 Å². The summed E-state index contributed by atoms with van der Waals surface area (Å²) in [5.74, 6) is 1.53. The molecule has 156 valence electrons. The van der Waals surface area contributed by atoms with Gasteiger partial charge in [0.15, 0.2) is 0 Å². The molecule has 7 nitrogen and oxygen atoms in total. The second-order valence-corrected chi connectivity index (χ2v) is 7.15. The van der Waals surface area contributed by atoms with E-state index in [-0.39, 0.29) is 17.6 Å². The number of rotatable bonds is 5. The molecule has 0 N–H and O–H groups in total. The summed E-state index contributed by atoms with van der Waals surface area (Å²) in [6.07, 6.45) is 1.67. The van der Waals surface area contributed by atoms with Crippen molar-refractivity contribution in [2.75, 3.05) is 27.3 Å². The predicted molar refractivity (Wildman–Crippen MR) is 107 cm³/mol. The number of hydrogen-bond acceptors (Lipinski definition) is 6. The van der Waals surface area contributed by atoms with Crippen molar-refractivity contribution in [3.63, 3.8) is 0 Å². The topological polar surface area (TPSA) is 77.7 Å². The first-order chi connectivity index (χ1) is 14.6. The number of carbonyl (C=O) groups excluding carboxylic acids is 1. The second-order valence-electron chi connectivity index (χ2n) is 7.15. The van der Waals surface area contributed by atoms with Gasteiger partial charge in [-0.2, -0.15) is 4.98 Å². The van der Waals surface area contributed by atoms with Gasteiger partial charge in [-0.15, -0.1) is 0 Å². The number of carbonyl (C=O) groups is 1. The lowest BCUT2D eigenvalue weighted by atomic mass is 9.97. The number of nitrogens with zero attached hydrogens (tertiary/aromatic N) is 3. The van der Waals surface area contributed by atoms with Gasteiger partial charge in [-0.3, -0.25) is 4.79 Å². The molecule has 1 amide bonds. The lowest BCUT2D eigenvalue weighted by Gasteiger charge is -2.31. The minimum absolute atomic E-state index is 0.0584. The summed E-state index contributed by atoms with van der Waals surface area (Å²) in [6, 6.07) is 11.1. The first-order valence-corrected chi connectivity index (χ1v) is 9.69. The highest BCUT2D eigenvalue weighted by atomic mass is 19.1. The first-order valence-electron chi connectivity index (χ1n) is 9.69. The number of halogens is 1. The average molecular weight is 411 g/mol. The molecule has 0 radical (unpaired) electrons. The van der Waals surface area contributed by atoms with E-state index >= 15 is 0 Å². The zero-order chi connectivity index (χ0) is 21.1. The Bertz CT molecular complexity index is 1010. The normalized spacial score (nSPS) is 16.4. The van der Waals surface area contributed by atoms with E-state index in [1.54, 1.807) is 49.5 Å². The molecule has 0 saturated carbocycles. The Hall–Kier alpha value is -3.42. The zero-order valence-corrected chi connectivity index (χ0v) is 16.8. The van der Waals surface area contributed by atoms with Crippen LogP contribution < -0.4 is 9.47 Å². The molecule has 0 aliphatic carbocycles. The Morgan fingerprint density at radius 1 is 1.13 bits per heavy atom. The van der Waals surface area contributed by atoms with Crippen LogP contribution in [0, 0.1) is 5.82 Å². The molecule has 1 aliphatic heterocycles. The van der Waals surface area contributed by atoms with Crippen molar-refractivity contribution in [1.82, 2.24) is 15.0 Å². The third kappa shape index (κ3) is 4.12. The third-order valence-corrected chi connectivity index (χ3v) is 5.20. The summed E-state index contributed by atoms with van der Waals surface area (Å²) in [6.45, 7) is 1.12. The summed E-state index contributed by atoms with van der Waals surface area (Å²) in [7, 11) is 3.10. The smallest absolute Gasteiger partial charge is 0.254 e. The molecule has 4 rings (SSSR count). The molecule has 2 heterocycles. The van der Waals surface area contributed by atoms with E-state index in [2.05, 4.69) is 10.1 Å². The minimum atomic E-state index is -0.321. The van der Waals surface area contributed by atoms with Gasteiger partial charge in [0.25, 0.3) is 5.91 Å². The van der Waals surface area contributed by atoms with Gasteiger partial charge in [0, 0.05) is 30.3 Å². The molecular formula is C22H22FN3O4. The van der Waals surface area contributed by atoms with Gasteiger partial charge in [0.05, 0.1) is 20.1 Å². The van der Waals surface area contributed by atoms with E-state index in [0.29, 0.717) is 47.4 Å². The van der Waals surface area contributed by atoms with E-state index in [1.165, 1.54) is 12.1 Å². The summed E-state index contributed by atoms with van der Waals surface area (Å²) < 4.78 is 29.1. The van der Waals surface area contributed by atoms with Crippen LogP contribution in [0.3, 0.4) is 0 Å². The average Bonchev–Trinajstić information content (AvgIpc) is 3.29. The van der Waals surface area contributed by atoms with Crippen molar-refractivity contribution in [2.45, 2.75) is 18.8 Å². The van der Waals surface area contributed by atoms with E-state index in [9.17, 15) is 9.18 Å². The highest BCUT2D eigenvalue weighted by molar-refractivity contribution is 5.95. The molecule has 0 spiro atoms. The maximum Gasteiger partial charge on any atom is 0.254 e. The van der Waals surface area contributed by atoms with Gasteiger partial charge < -0.3 is 18.9 Å². The van der Waals surface area contributed by atoms with Crippen LogP contribution in [-0.4, -0.2) is 48.3 Å². The van der Waals surface area contributed by atoms with Crippen molar-refractivity contribution in [3.8, 4) is 22.9 Å². The molecule has 3 aromatic rings. The molecule has 0 unspecified atom stereocenters. The molecular weight excluding hydrogens is 389 g/mol. The van der Waals surface area contributed by atoms with Crippen LogP contribution >= 0.6 is 0 Å². The Morgan fingerprint density at radius 3 is 2.50 bits per heavy atom. The first kappa shape index (κ1) is 19.9. The standard InChI is InChI=1S/C22H22FN3O4/c1-28-18-10-16(11-19(12-18)29-2)22(27)26-9-3-4-15(13-26)21-24-20(25-30-21)14-5-7-17(23)8-6-14/h5-8,10-12,15H,3-4,9,13H2,1-2H3/t15-/m0/s1. The van der Waals surface area contributed by atoms with Gasteiger partial charge >= 0.3 is 0 Å². The predicted octanol–water partition coefficient (Wildman–Crippen LogP) is 3.91. The van der Waals surface area contributed by atoms with E-state index in [4.69, 9.17) is 14.0 Å². The summed E-state index contributed by atoms with van der Waals surface area (Å²) in [5, 5.41) is 4.02. The van der Waals surface area contributed by atoms with Crippen molar-refractivity contribution < 1.29 is 23.2 Å². The number of ether oxygens (including phenoxy) is 2. The maximum absolute atomic E-state index is 13.1.